The Hall–Kier alpha value is -2.82. The first-order valence-electron chi connectivity index (χ1n) is 9.14. The van der Waals surface area contributed by atoms with Gasteiger partial charge in [0.25, 0.3) is 5.91 Å². The van der Waals surface area contributed by atoms with Crippen molar-refractivity contribution in [3.8, 4) is 0 Å². The van der Waals surface area contributed by atoms with E-state index in [0.29, 0.717) is 6.42 Å². The van der Waals surface area contributed by atoms with Gasteiger partial charge in [-0.2, -0.15) is 0 Å². The highest BCUT2D eigenvalue weighted by Gasteiger charge is 2.23. The van der Waals surface area contributed by atoms with E-state index in [4.69, 9.17) is 0 Å². The second-order valence-corrected chi connectivity index (χ2v) is 7.04. The van der Waals surface area contributed by atoms with Crippen molar-refractivity contribution in [2.24, 2.45) is 0 Å². The predicted molar refractivity (Wildman–Crippen MR) is 103 cm³/mol. The van der Waals surface area contributed by atoms with Gasteiger partial charge in [0.2, 0.25) is 5.91 Å². The summed E-state index contributed by atoms with van der Waals surface area (Å²) < 4.78 is 0. The second-order valence-electron chi connectivity index (χ2n) is 7.04. The lowest BCUT2D eigenvalue weighted by molar-refractivity contribution is -0.116. The monoisotopic (exact) mass is 349 g/mol. The van der Waals surface area contributed by atoms with Crippen molar-refractivity contribution in [2.75, 3.05) is 36.4 Å². The Morgan fingerprint density at radius 1 is 1.00 bits per heavy atom. The molecule has 4 rings (SSSR count). The number of carbonyl (C=O) groups excluding carboxylic acids is 2. The van der Waals surface area contributed by atoms with Crippen molar-refractivity contribution in [1.82, 2.24) is 4.90 Å². The minimum atomic E-state index is 0.0912. The van der Waals surface area contributed by atoms with E-state index in [-0.39, 0.29) is 11.8 Å². The number of nitrogens with one attached hydrogen (secondary N) is 1. The Morgan fingerprint density at radius 2 is 1.81 bits per heavy atom. The van der Waals surface area contributed by atoms with Gasteiger partial charge in [0, 0.05) is 49.5 Å². The van der Waals surface area contributed by atoms with Crippen LogP contribution in [0.4, 0.5) is 11.4 Å². The number of aryl methyl sites for hydroxylation is 2. The van der Waals surface area contributed by atoms with Crippen LogP contribution in [0, 0.1) is 6.92 Å². The number of hydrogen-bond donors (Lipinski definition) is 1. The molecule has 5 heteroatoms. The van der Waals surface area contributed by atoms with Crippen molar-refractivity contribution in [3.05, 3.63) is 59.2 Å². The Morgan fingerprint density at radius 3 is 2.58 bits per heavy atom. The Bertz CT molecular complexity index is 854. The number of rotatable bonds is 2. The summed E-state index contributed by atoms with van der Waals surface area (Å²) in [6.45, 7) is 5.10. The normalized spacial score (nSPS) is 16.9. The van der Waals surface area contributed by atoms with Crippen LogP contribution in [0.1, 0.15) is 27.9 Å². The molecule has 0 saturated carbocycles. The third kappa shape index (κ3) is 3.29. The molecule has 0 radical (unpaired) electrons. The van der Waals surface area contributed by atoms with Gasteiger partial charge in [-0.05, 0) is 49.2 Å². The van der Waals surface area contributed by atoms with E-state index in [1.807, 2.05) is 42.2 Å². The summed E-state index contributed by atoms with van der Waals surface area (Å²) in [4.78, 5) is 28.4. The summed E-state index contributed by atoms with van der Waals surface area (Å²) in [6, 6.07) is 14.0. The molecule has 1 saturated heterocycles. The largest absolute Gasteiger partial charge is 0.368 e. The molecule has 2 aliphatic heterocycles. The number of carbonyl (C=O) groups is 2. The van der Waals surface area contributed by atoms with Gasteiger partial charge in [0.1, 0.15) is 0 Å². The van der Waals surface area contributed by atoms with Crippen LogP contribution in [-0.2, 0) is 11.2 Å². The molecule has 2 aliphatic rings. The van der Waals surface area contributed by atoms with Gasteiger partial charge in [-0.1, -0.05) is 17.7 Å². The highest BCUT2D eigenvalue weighted by molar-refractivity contribution is 5.95. The van der Waals surface area contributed by atoms with Gasteiger partial charge >= 0.3 is 0 Å². The number of benzene rings is 2. The molecule has 2 aromatic rings. The number of hydrogen-bond acceptors (Lipinski definition) is 3. The highest BCUT2D eigenvalue weighted by Crippen LogP contribution is 2.28. The molecule has 0 aliphatic carbocycles. The van der Waals surface area contributed by atoms with E-state index >= 15 is 0 Å². The zero-order valence-electron chi connectivity index (χ0n) is 15.0. The molecule has 0 unspecified atom stereocenters. The number of fused-ring (bicyclic) bond motifs is 1. The van der Waals surface area contributed by atoms with Crippen molar-refractivity contribution < 1.29 is 9.59 Å². The van der Waals surface area contributed by atoms with Crippen molar-refractivity contribution >= 4 is 23.2 Å². The van der Waals surface area contributed by atoms with Crippen molar-refractivity contribution in [1.29, 1.82) is 0 Å². The predicted octanol–water partition coefficient (Wildman–Crippen LogP) is 2.84. The lowest BCUT2D eigenvalue weighted by atomic mass is 10.0. The molecule has 5 nitrogen and oxygen atoms in total. The number of nitrogens with zero attached hydrogens (tertiary/aromatic N) is 2. The fourth-order valence-electron chi connectivity index (χ4n) is 3.69. The maximum absolute atomic E-state index is 12.7. The van der Waals surface area contributed by atoms with E-state index < -0.39 is 0 Å². The lowest BCUT2D eigenvalue weighted by Crippen LogP contribution is -2.48. The molecule has 1 N–H and O–H groups in total. The minimum Gasteiger partial charge on any atom is -0.368 e. The van der Waals surface area contributed by atoms with Crippen LogP contribution in [0.15, 0.2) is 42.5 Å². The first-order valence-corrected chi connectivity index (χ1v) is 9.14. The summed E-state index contributed by atoms with van der Waals surface area (Å²) >= 11 is 0. The number of piperazine rings is 1. The molecule has 0 spiro atoms. The first-order chi connectivity index (χ1) is 12.6. The van der Waals surface area contributed by atoms with Crippen LogP contribution in [0.3, 0.4) is 0 Å². The van der Waals surface area contributed by atoms with Gasteiger partial charge in [0.05, 0.1) is 0 Å². The third-order valence-corrected chi connectivity index (χ3v) is 5.18. The molecular weight excluding hydrogens is 326 g/mol. The quantitative estimate of drug-likeness (QED) is 0.907. The maximum atomic E-state index is 12.7. The van der Waals surface area contributed by atoms with E-state index in [2.05, 4.69) is 22.3 Å². The molecule has 2 aromatic carbocycles. The molecule has 0 bridgehead atoms. The van der Waals surface area contributed by atoms with Gasteiger partial charge < -0.3 is 15.1 Å². The Labute approximate surface area is 153 Å². The SMILES string of the molecule is Cc1cccc(C(=O)N2CCN(c3ccc4c(c3)CCC(=O)N4)CC2)c1. The van der Waals surface area contributed by atoms with Gasteiger partial charge in [0.15, 0.2) is 0 Å². The Kier molecular flexibility index (Phi) is 4.37. The van der Waals surface area contributed by atoms with Crippen LogP contribution in [0.2, 0.25) is 0 Å². The summed E-state index contributed by atoms with van der Waals surface area (Å²) in [5.74, 6) is 0.204. The Balaban J connectivity index is 1.42. The summed E-state index contributed by atoms with van der Waals surface area (Å²) in [7, 11) is 0. The van der Waals surface area contributed by atoms with Crippen molar-refractivity contribution in [3.63, 3.8) is 0 Å². The van der Waals surface area contributed by atoms with E-state index in [0.717, 1.165) is 49.4 Å². The summed E-state index contributed by atoms with van der Waals surface area (Å²) in [5.41, 5.74) is 5.17. The molecule has 26 heavy (non-hydrogen) atoms. The molecule has 2 heterocycles. The fourth-order valence-corrected chi connectivity index (χ4v) is 3.69. The summed E-state index contributed by atoms with van der Waals surface area (Å²) in [6.07, 6.45) is 1.34. The maximum Gasteiger partial charge on any atom is 0.253 e. The second kappa shape index (κ2) is 6.83. The molecule has 0 aromatic heterocycles. The first kappa shape index (κ1) is 16.6. The average Bonchev–Trinajstić information content (AvgIpc) is 2.67. The highest BCUT2D eigenvalue weighted by atomic mass is 16.2. The van der Waals surface area contributed by atoms with Crippen LogP contribution in [0.5, 0.6) is 0 Å². The van der Waals surface area contributed by atoms with Crippen LogP contribution < -0.4 is 10.2 Å². The minimum absolute atomic E-state index is 0.0912. The van der Waals surface area contributed by atoms with Crippen LogP contribution in [-0.4, -0.2) is 42.9 Å². The molecule has 2 amide bonds. The molecular formula is C21H23N3O2. The molecule has 134 valence electrons. The summed E-state index contributed by atoms with van der Waals surface area (Å²) in [5, 5.41) is 2.92. The van der Waals surface area contributed by atoms with Crippen LogP contribution >= 0.6 is 0 Å². The van der Waals surface area contributed by atoms with Gasteiger partial charge in [-0.15, -0.1) is 0 Å². The topological polar surface area (TPSA) is 52.7 Å². The standard InChI is InChI=1S/C21H23N3O2/c1-15-3-2-4-17(13-15)21(26)24-11-9-23(10-12-24)18-6-7-19-16(14-18)5-8-20(25)22-19/h2-4,6-7,13-14H,5,8-12H2,1H3,(H,22,25). The van der Waals surface area contributed by atoms with Crippen LogP contribution in [0.25, 0.3) is 0 Å². The smallest absolute Gasteiger partial charge is 0.253 e. The van der Waals surface area contributed by atoms with Gasteiger partial charge in [-0.25, -0.2) is 0 Å². The molecule has 1 fully saturated rings. The van der Waals surface area contributed by atoms with E-state index in [1.54, 1.807) is 0 Å². The lowest BCUT2D eigenvalue weighted by Gasteiger charge is -2.36. The number of anilines is 2. The number of amides is 2. The van der Waals surface area contributed by atoms with Crippen molar-refractivity contribution in [2.45, 2.75) is 19.8 Å². The molecule has 0 atom stereocenters. The zero-order chi connectivity index (χ0) is 18.1. The average molecular weight is 349 g/mol. The van der Waals surface area contributed by atoms with Gasteiger partial charge in [-0.3, -0.25) is 9.59 Å². The zero-order valence-corrected chi connectivity index (χ0v) is 15.0. The van der Waals surface area contributed by atoms with E-state index in [9.17, 15) is 9.59 Å². The van der Waals surface area contributed by atoms with E-state index in [1.165, 1.54) is 11.3 Å². The third-order valence-electron chi connectivity index (χ3n) is 5.18. The fraction of sp³-hybridized carbons (Fsp3) is 0.333.